The highest BCUT2D eigenvalue weighted by atomic mass is 16.2. The molecule has 0 bridgehead atoms. The Morgan fingerprint density at radius 1 is 0.860 bits per heavy atom. The SMILES string of the molecule is Cc1c(C(=O)NC2CCNCC2)ccc(-c2ccc(CC(NC(=O)C3CCC(CN)CC3)C(=O)Nc3ccc(-c4nn[nH]n4)cc3)cc2)c1C. The first-order valence-electron chi connectivity index (χ1n) is 17.6. The summed E-state index contributed by atoms with van der Waals surface area (Å²) in [7, 11) is 0. The smallest absolute Gasteiger partial charge is 0.251 e. The lowest BCUT2D eigenvalue weighted by molar-refractivity contribution is -0.130. The highest BCUT2D eigenvalue weighted by molar-refractivity contribution is 5.98. The quantitative estimate of drug-likeness (QED) is 0.138. The van der Waals surface area contributed by atoms with E-state index < -0.39 is 6.04 Å². The summed E-state index contributed by atoms with van der Waals surface area (Å²) in [5.74, 6) is 0.351. The molecule has 262 valence electrons. The van der Waals surface area contributed by atoms with E-state index in [2.05, 4.69) is 41.9 Å². The van der Waals surface area contributed by atoms with Gasteiger partial charge in [0.1, 0.15) is 6.04 Å². The van der Waals surface area contributed by atoms with E-state index in [1.54, 1.807) is 24.3 Å². The Morgan fingerprint density at radius 3 is 2.22 bits per heavy atom. The van der Waals surface area contributed by atoms with Crippen molar-refractivity contribution >= 4 is 23.4 Å². The second kappa shape index (κ2) is 16.2. The Morgan fingerprint density at radius 2 is 1.56 bits per heavy atom. The third-order valence-corrected chi connectivity index (χ3v) is 10.4. The average molecular weight is 678 g/mol. The van der Waals surface area contributed by atoms with Crippen molar-refractivity contribution in [3.05, 3.63) is 82.9 Å². The van der Waals surface area contributed by atoms with E-state index in [9.17, 15) is 14.4 Å². The molecule has 4 aromatic rings. The molecule has 1 aromatic heterocycles. The largest absolute Gasteiger partial charge is 0.349 e. The van der Waals surface area contributed by atoms with Crippen LogP contribution in [0.2, 0.25) is 0 Å². The van der Waals surface area contributed by atoms with Crippen molar-refractivity contribution in [2.24, 2.45) is 17.6 Å². The molecule has 3 amide bonds. The summed E-state index contributed by atoms with van der Waals surface area (Å²) in [4.78, 5) is 40.3. The van der Waals surface area contributed by atoms with Crippen LogP contribution in [-0.2, 0) is 16.0 Å². The Kier molecular flexibility index (Phi) is 11.3. The number of hydrogen-bond donors (Lipinski definition) is 6. The number of piperidine rings is 1. The molecule has 7 N–H and O–H groups in total. The molecule has 2 aliphatic rings. The monoisotopic (exact) mass is 677 g/mol. The Balaban J connectivity index is 1.16. The summed E-state index contributed by atoms with van der Waals surface area (Å²) >= 11 is 0. The van der Waals surface area contributed by atoms with Crippen molar-refractivity contribution in [1.82, 2.24) is 36.6 Å². The highest BCUT2D eigenvalue weighted by Gasteiger charge is 2.29. The summed E-state index contributed by atoms with van der Waals surface area (Å²) in [5, 5.41) is 26.6. The minimum absolute atomic E-state index is 0.0268. The van der Waals surface area contributed by atoms with Gasteiger partial charge in [-0.1, -0.05) is 30.3 Å². The van der Waals surface area contributed by atoms with Gasteiger partial charge in [0.25, 0.3) is 5.91 Å². The van der Waals surface area contributed by atoms with Crippen molar-refractivity contribution in [3.8, 4) is 22.5 Å². The number of aromatic amines is 1. The molecule has 1 atom stereocenters. The number of benzene rings is 3. The van der Waals surface area contributed by atoms with Crippen molar-refractivity contribution in [1.29, 1.82) is 0 Å². The number of H-pyrrole nitrogens is 1. The van der Waals surface area contributed by atoms with Crippen LogP contribution in [0.15, 0.2) is 60.7 Å². The van der Waals surface area contributed by atoms with Gasteiger partial charge in [-0.3, -0.25) is 14.4 Å². The van der Waals surface area contributed by atoms with Crippen molar-refractivity contribution in [3.63, 3.8) is 0 Å². The lowest BCUT2D eigenvalue weighted by Crippen LogP contribution is -2.48. The van der Waals surface area contributed by atoms with Gasteiger partial charge in [-0.2, -0.15) is 5.21 Å². The number of anilines is 1. The first-order valence-corrected chi connectivity index (χ1v) is 17.6. The third-order valence-electron chi connectivity index (χ3n) is 10.4. The number of hydrogen-bond acceptors (Lipinski definition) is 8. The zero-order valence-corrected chi connectivity index (χ0v) is 28.8. The molecule has 6 rings (SSSR count). The lowest BCUT2D eigenvalue weighted by atomic mass is 9.81. The number of carbonyl (C=O) groups excluding carboxylic acids is 3. The Hall–Kier alpha value is -4.94. The van der Waals surface area contributed by atoms with E-state index in [0.29, 0.717) is 36.0 Å². The fourth-order valence-corrected chi connectivity index (χ4v) is 7.04. The van der Waals surface area contributed by atoms with Gasteiger partial charge in [-0.25, -0.2) is 0 Å². The maximum Gasteiger partial charge on any atom is 0.251 e. The number of nitrogens with zero attached hydrogens (tertiary/aromatic N) is 3. The van der Waals surface area contributed by atoms with Crippen LogP contribution in [0, 0.1) is 25.7 Å². The molecule has 1 unspecified atom stereocenters. The van der Waals surface area contributed by atoms with E-state index in [4.69, 9.17) is 5.73 Å². The molecule has 2 heterocycles. The van der Waals surface area contributed by atoms with Crippen molar-refractivity contribution in [2.75, 3.05) is 25.0 Å². The van der Waals surface area contributed by atoms with Crippen molar-refractivity contribution < 1.29 is 14.4 Å². The Labute approximate surface area is 292 Å². The van der Waals surface area contributed by atoms with Crippen LogP contribution in [0.3, 0.4) is 0 Å². The number of nitrogens with two attached hydrogens (primary N) is 1. The van der Waals surface area contributed by atoms with Crippen LogP contribution in [0.25, 0.3) is 22.5 Å². The fraction of sp³-hybridized carbons (Fsp3) is 0.421. The van der Waals surface area contributed by atoms with E-state index in [1.165, 1.54) is 0 Å². The molecule has 0 radical (unpaired) electrons. The normalized spacial score (nSPS) is 18.6. The van der Waals surface area contributed by atoms with E-state index >= 15 is 0 Å². The van der Waals surface area contributed by atoms with Gasteiger partial charge in [0.05, 0.1) is 0 Å². The maximum atomic E-state index is 13.7. The summed E-state index contributed by atoms with van der Waals surface area (Å²) < 4.78 is 0. The lowest BCUT2D eigenvalue weighted by Gasteiger charge is -2.28. The van der Waals surface area contributed by atoms with E-state index in [-0.39, 0.29) is 29.7 Å². The third kappa shape index (κ3) is 8.43. The van der Waals surface area contributed by atoms with Gasteiger partial charge in [0, 0.05) is 35.2 Å². The van der Waals surface area contributed by atoms with Crippen LogP contribution < -0.4 is 27.0 Å². The molecule has 1 aliphatic heterocycles. The zero-order chi connectivity index (χ0) is 35.0. The first-order chi connectivity index (χ1) is 24.3. The first kappa shape index (κ1) is 34.9. The number of carbonyl (C=O) groups is 3. The molecule has 12 nitrogen and oxygen atoms in total. The van der Waals surface area contributed by atoms with Crippen LogP contribution >= 0.6 is 0 Å². The van der Waals surface area contributed by atoms with Crippen molar-refractivity contribution in [2.45, 2.75) is 70.9 Å². The standard InChI is InChI=1S/C38H47N9O3/c1-23-24(2)33(37(49)41-31-17-19-40-20-18-31)16-15-32(23)27-7-3-25(4-8-27)21-34(43-36(48)29-9-5-26(22-39)6-10-29)38(50)42-30-13-11-28(12-14-30)35-44-46-47-45-35/h3-4,7-8,11-16,26,29,31,34,40H,5-6,9-10,17-22,39H2,1-2H3,(H,41,49)(H,42,50)(H,43,48)(H,44,45,46,47). The molecular weight excluding hydrogens is 630 g/mol. The van der Waals surface area contributed by atoms with E-state index in [1.807, 2.05) is 50.2 Å². The zero-order valence-electron chi connectivity index (χ0n) is 28.8. The number of nitrogens with one attached hydrogen (secondary N) is 5. The minimum atomic E-state index is -0.779. The van der Waals surface area contributed by atoms with Gasteiger partial charge >= 0.3 is 0 Å². The van der Waals surface area contributed by atoms with Gasteiger partial charge in [-0.05, 0) is 141 Å². The van der Waals surface area contributed by atoms with E-state index in [0.717, 1.165) is 85.0 Å². The molecule has 1 aliphatic carbocycles. The number of aromatic nitrogens is 4. The van der Waals surface area contributed by atoms with Gasteiger partial charge < -0.3 is 27.0 Å². The number of amides is 3. The molecular formula is C38H47N9O3. The van der Waals surface area contributed by atoms with Gasteiger partial charge in [-0.15, -0.1) is 10.2 Å². The number of tetrazole rings is 1. The minimum Gasteiger partial charge on any atom is -0.349 e. The summed E-state index contributed by atoms with van der Waals surface area (Å²) in [6, 6.07) is 18.6. The Bertz CT molecular complexity index is 1760. The summed E-state index contributed by atoms with van der Waals surface area (Å²) in [6.45, 7) is 6.52. The molecule has 1 saturated carbocycles. The fourth-order valence-electron chi connectivity index (χ4n) is 7.04. The van der Waals surface area contributed by atoms with Gasteiger partial charge in [0.2, 0.25) is 17.6 Å². The molecule has 50 heavy (non-hydrogen) atoms. The van der Waals surface area contributed by atoms with Crippen LogP contribution in [0.4, 0.5) is 5.69 Å². The predicted octanol–water partition coefficient (Wildman–Crippen LogP) is 4.06. The maximum absolute atomic E-state index is 13.7. The summed E-state index contributed by atoms with van der Waals surface area (Å²) in [5.41, 5.74) is 12.9. The second-order valence-corrected chi connectivity index (χ2v) is 13.6. The predicted molar refractivity (Wildman–Crippen MR) is 193 cm³/mol. The van der Waals surface area contributed by atoms with Crippen LogP contribution in [0.1, 0.15) is 65.6 Å². The summed E-state index contributed by atoms with van der Waals surface area (Å²) in [6.07, 6.45) is 5.57. The molecule has 12 heteroatoms. The molecule has 0 spiro atoms. The topological polar surface area (TPSA) is 180 Å². The molecule has 1 saturated heterocycles. The van der Waals surface area contributed by atoms with Gasteiger partial charge in [0.15, 0.2) is 0 Å². The number of rotatable bonds is 11. The average Bonchev–Trinajstić information content (AvgIpc) is 3.69. The van der Waals surface area contributed by atoms with Crippen LogP contribution in [-0.4, -0.2) is 70.1 Å². The molecule has 3 aromatic carbocycles. The van der Waals surface area contributed by atoms with Crippen LogP contribution in [0.5, 0.6) is 0 Å². The second-order valence-electron chi connectivity index (χ2n) is 13.6. The highest BCUT2D eigenvalue weighted by Crippen LogP contribution is 2.30. The molecule has 2 fully saturated rings.